The Morgan fingerprint density at radius 1 is 1.00 bits per heavy atom. The van der Waals surface area contributed by atoms with Gasteiger partial charge < -0.3 is 80.5 Å². The van der Waals surface area contributed by atoms with E-state index < -0.39 is 71.7 Å². The highest BCUT2D eigenvalue weighted by Gasteiger charge is 2.49. The second-order valence-electron chi connectivity index (χ2n) is 14.9. The van der Waals surface area contributed by atoms with E-state index in [1.165, 1.54) is 20.2 Å². The third kappa shape index (κ3) is 10.3. The maximum absolute atomic E-state index is 13.5. The number of aliphatic hydroxyl groups excluding tert-OH is 4. The second-order valence-corrected chi connectivity index (χ2v) is 14.9. The van der Waals surface area contributed by atoms with Crippen molar-refractivity contribution in [3.63, 3.8) is 0 Å². The number of hydrogen-bond acceptors (Lipinski definition) is 16. The highest BCUT2D eigenvalue weighted by Crippen LogP contribution is 2.47. The van der Waals surface area contributed by atoms with Gasteiger partial charge >= 0.3 is 11.9 Å². The van der Waals surface area contributed by atoms with Crippen molar-refractivity contribution < 1.29 is 73.8 Å². The average molecular weight is 843 g/mol. The highest BCUT2D eigenvalue weighted by molar-refractivity contribution is 5.97. The van der Waals surface area contributed by atoms with Crippen LogP contribution in [0.3, 0.4) is 0 Å². The maximum atomic E-state index is 13.5. The lowest BCUT2D eigenvalue weighted by Crippen LogP contribution is -2.62. The zero-order valence-corrected chi connectivity index (χ0v) is 33.9. The molecule has 8 atom stereocenters. The quantitative estimate of drug-likeness (QED) is 0.0427. The Morgan fingerprint density at radius 3 is 2.35 bits per heavy atom. The molecule has 2 aliphatic heterocycles. The lowest BCUT2D eigenvalue weighted by molar-refractivity contribution is -0.309. The number of aromatic carboxylic acids is 1. The normalized spacial score (nSPS) is 23.4. The number of carbonyl (C=O) groups excluding carboxylic acids is 1. The van der Waals surface area contributed by atoms with Gasteiger partial charge in [-0.15, -0.1) is 0 Å². The topological polar surface area (TPSA) is 294 Å². The van der Waals surface area contributed by atoms with E-state index in [1.54, 1.807) is 0 Å². The minimum atomic E-state index is -2.37. The predicted octanol–water partition coefficient (Wildman–Crippen LogP) is 2.07. The van der Waals surface area contributed by atoms with E-state index in [0.717, 1.165) is 18.1 Å². The Morgan fingerprint density at radius 2 is 1.70 bits per heavy atom. The van der Waals surface area contributed by atoms with Crippen LogP contribution in [0.25, 0.3) is 0 Å². The third-order valence-corrected chi connectivity index (χ3v) is 10.4. The number of aliphatic hydroxyl groups is 4. The zero-order valence-electron chi connectivity index (χ0n) is 33.9. The molecular weight excluding hydrogens is 788 g/mol. The molecule has 1 fully saturated rings. The molecule has 3 aromatic carbocycles. The summed E-state index contributed by atoms with van der Waals surface area (Å²) in [6.45, 7) is 5.78. The van der Waals surface area contributed by atoms with Gasteiger partial charge in [-0.3, -0.25) is 4.99 Å². The number of fused-ring (bicyclic) bond motifs is 1. The number of nitrogens with zero attached hydrogens (tertiary/aromatic N) is 1. The van der Waals surface area contributed by atoms with E-state index in [-0.39, 0.29) is 66.2 Å². The van der Waals surface area contributed by atoms with Crippen molar-refractivity contribution in [2.24, 2.45) is 22.6 Å². The van der Waals surface area contributed by atoms with Crippen LogP contribution < -0.4 is 35.3 Å². The first-order valence-corrected chi connectivity index (χ1v) is 19.4. The van der Waals surface area contributed by atoms with Crippen LogP contribution in [-0.4, -0.2) is 124 Å². The van der Waals surface area contributed by atoms with Gasteiger partial charge in [-0.1, -0.05) is 44.2 Å². The van der Waals surface area contributed by atoms with Gasteiger partial charge in [0.15, 0.2) is 41.8 Å². The van der Waals surface area contributed by atoms with E-state index in [0.29, 0.717) is 24.3 Å². The minimum Gasteiger partial charge on any atom is -0.504 e. The highest BCUT2D eigenvalue weighted by atomic mass is 16.7. The molecule has 2 aliphatic rings. The van der Waals surface area contributed by atoms with Crippen LogP contribution in [-0.2, 0) is 22.3 Å². The number of guanidine groups is 1. The molecule has 0 aromatic heterocycles. The number of nitrogens with two attached hydrogens (primary N) is 1. The van der Waals surface area contributed by atoms with Gasteiger partial charge in [-0.05, 0) is 43.6 Å². The van der Waals surface area contributed by atoms with Gasteiger partial charge in [0.1, 0.15) is 23.9 Å². The summed E-state index contributed by atoms with van der Waals surface area (Å²) in [5.74, 6) is -4.65. The molecule has 0 unspecified atom stereocenters. The van der Waals surface area contributed by atoms with Crippen molar-refractivity contribution in [3.8, 4) is 34.5 Å². The van der Waals surface area contributed by atoms with Crippen LogP contribution in [0.15, 0.2) is 47.5 Å². The number of rotatable bonds is 16. The molecule has 1 saturated heterocycles. The Labute approximate surface area is 346 Å². The number of nitrogens with one attached hydrogen (secondary N) is 2. The first-order chi connectivity index (χ1) is 28.6. The molecule has 0 spiro atoms. The summed E-state index contributed by atoms with van der Waals surface area (Å²) < 4.78 is 33.9. The van der Waals surface area contributed by atoms with Crippen LogP contribution in [0, 0.1) is 11.8 Å². The van der Waals surface area contributed by atoms with Gasteiger partial charge in [-0.2, -0.15) is 0 Å². The van der Waals surface area contributed by atoms with E-state index in [4.69, 9.17) is 34.2 Å². The summed E-state index contributed by atoms with van der Waals surface area (Å²) in [7, 11) is 2.63. The summed E-state index contributed by atoms with van der Waals surface area (Å²) in [5, 5.41) is 82.3. The summed E-state index contributed by atoms with van der Waals surface area (Å²) in [4.78, 5) is 29.9. The van der Waals surface area contributed by atoms with Crippen molar-refractivity contribution in [1.29, 1.82) is 0 Å². The molecular formula is C41H54N4O15. The number of carbonyl (C=O) groups is 2. The van der Waals surface area contributed by atoms with Gasteiger partial charge in [0.25, 0.3) is 0 Å². The van der Waals surface area contributed by atoms with Crippen molar-refractivity contribution in [2.45, 2.75) is 89.5 Å². The molecule has 5 rings (SSSR count). The van der Waals surface area contributed by atoms with Crippen molar-refractivity contribution >= 4 is 23.6 Å². The fourth-order valence-electron chi connectivity index (χ4n) is 7.16. The Balaban J connectivity index is 1.43. The number of aliphatic imine (C=N–C) groups is 1. The van der Waals surface area contributed by atoms with E-state index in [2.05, 4.69) is 29.5 Å². The van der Waals surface area contributed by atoms with Gasteiger partial charge in [0.2, 0.25) is 24.1 Å². The Bertz CT molecular complexity index is 2000. The molecule has 19 nitrogen and oxygen atoms in total. The number of phenols is 2. The SMILES string of the molecule is CN=C(N)NCOc1cc(C(=O)O)c2c(c1O[C@@H]1O[C@H]([C@@H](O)OC(=O)c3cc(OC)c(O)c(OCCc4ccccc4)c3O)[C@@H](O)[C@H](O)[C@H]1O)CC[C@@H](CC(C)C)[C@H](C)N2. The number of ether oxygens (including phenoxy) is 6. The number of phenolic OH excluding ortho intramolecular Hbond substituents is 2. The molecule has 11 N–H and O–H groups in total. The molecule has 0 amide bonds. The summed E-state index contributed by atoms with van der Waals surface area (Å²) >= 11 is 0. The molecule has 19 heteroatoms. The molecule has 2 heterocycles. The Kier molecular flexibility index (Phi) is 15.1. The smallest absolute Gasteiger partial charge is 0.344 e. The lowest BCUT2D eigenvalue weighted by atomic mass is 9.87. The van der Waals surface area contributed by atoms with Gasteiger partial charge in [-0.25, -0.2) is 9.59 Å². The van der Waals surface area contributed by atoms with Gasteiger partial charge in [0.05, 0.1) is 25.0 Å². The number of anilines is 1. The number of aromatic hydroxyl groups is 2. The first-order valence-electron chi connectivity index (χ1n) is 19.4. The number of carboxylic acids is 1. The molecule has 0 saturated carbocycles. The number of benzene rings is 3. The second kappa shape index (κ2) is 20.0. The number of hydrogen-bond donors (Lipinski definition) is 10. The molecule has 60 heavy (non-hydrogen) atoms. The first kappa shape index (κ1) is 45.4. The molecule has 0 radical (unpaired) electrons. The van der Waals surface area contributed by atoms with Gasteiger partial charge in [0, 0.05) is 37.2 Å². The average Bonchev–Trinajstić information content (AvgIpc) is 3.37. The molecule has 328 valence electrons. The van der Waals surface area contributed by atoms with Crippen LogP contribution >= 0.6 is 0 Å². The van der Waals surface area contributed by atoms with Crippen LogP contribution in [0.2, 0.25) is 0 Å². The summed E-state index contributed by atoms with van der Waals surface area (Å²) in [6.07, 6.45) is -10.3. The monoisotopic (exact) mass is 842 g/mol. The molecule has 0 aliphatic carbocycles. The zero-order chi connectivity index (χ0) is 43.8. The van der Waals surface area contributed by atoms with Crippen molar-refractivity contribution in [2.75, 3.05) is 32.8 Å². The van der Waals surface area contributed by atoms with E-state index in [9.17, 15) is 45.3 Å². The fraction of sp³-hybridized carbons (Fsp3) is 0.488. The Hall–Kier alpha value is -5.73. The summed E-state index contributed by atoms with van der Waals surface area (Å²) in [5.41, 5.74) is 6.49. The molecule has 0 bridgehead atoms. The standard InChI is InChI=1S/C41H54N4O15/c1-19(2)15-22-11-12-23-28(45-20(22)3)24(37(51)52)16-27(57-18-44-41(42)43-4)34(23)58-40-33(50)31(48)32(49)36(59-40)39(54)60-38(53)25-17-26(55-5)30(47)35(29(25)46)56-14-13-21-9-7-6-8-10-21/h6-10,16-17,19-20,22,31-33,36,39-40,45-50,54H,11-15,18H2,1-5H3,(H,51,52)(H3,42,43,44)/t20-,22-,31-,32-,33+,36-,39-,40+/m0/s1. The third-order valence-electron chi connectivity index (χ3n) is 10.4. The fourth-order valence-corrected chi connectivity index (χ4v) is 7.16. The van der Waals surface area contributed by atoms with Crippen LogP contribution in [0.4, 0.5) is 5.69 Å². The van der Waals surface area contributed by atoms with Crippen LogP contribution in [0.5, 0.6) is 34.5 Å². The lowest BCUT2D eigenvalue weighted by Gasteiger charge is -2.41. The van der Waals surface area contributed by atoms with Crippen LogP contribution in [0.1, 0.15) is 65.5 Å². The number of esters is 1. The van der Waals surface area contributed by atoms with Crippen molar-refractivity contribution in [1.82, 2.24) is 5.32 Å². The van der Waals surface area contributed by atoms with E-state index in [1.807, 2.05) is 37.3 Å². The maximum Gasteiger partial charge on any atom is 0.344 e. The largest absolute Gasteiger partial charge is 0.504 e. The predicted molar refractivity (Wildman–Crippen MR) is 215 cm³/mol. The summed E-state index contributed by atoms with van der Waals surface area (Å²) in [6, 6.07) is 11.2. The van der Waals surface area contributed by atoms with E-state index >= 15 is 0 Å². The number of carboxylic acid groups (broad SMARTS) is 1. The minimum absolute atomic E-state index is 0.0121. The van der Waals surface area contributed by atoms with Crippen molar-refractivity contribution in [3.05, 3.63) is 64.7 Å². The molecule has 3 aromatic rings. The number of methoxy groups -OCH3 is 1.